The van der Waals surface area contributed by atoms with E-state index in [1.54, 1.807) is 13.0 Å². The number of esters is 1. The van der Waals surface area contributed by atoms with Crippen LogP contribution in [0.25, 0.3) is 10.8 Å². The molecular formula is C24H22F3NO4. The highest BCUT2D eigenvalue weighted by atomic mass is 19.4. The number of carbonyl (C=O) groups is 2. The number of ether oxygens (including phenoxy) is 2. The van der Waals surface area contributed by atoms with E-state index < -0.39 is 29.9 Å². The second-order valence-corrected chi connectivity index (χ2v) is 7.42. The second kappa shape index (κ2) is 8.90. The van der Waals surface area contributed by atoms with Gasteiger partial charge in [-0.05, 0) is 42.3 Å². The summed E-state index contributed by atoms with van der Waals surface area (Å²) >= 11 is 0. The maximum Gasteiger partial charge on any atom is 0.432 e. The summed E-state index contributed by atoms with van der Waals surface area (Å²) < 4.78 is 51.3. The summed E-state index contributed by atoms with van der Waals surface area (Å²) in [5.41, 5.74) is -2.43. The molecule has 3 aromatic rings. The lowest BCUT2D eigenvalue weighted by atomic mass is 9.94. The van der Waals surface area contributed by atoms with E-state index in [-0.39, 0.29) is 11.1 Å². The lowest BCUT2D eigenvalue weighted by molar-refractivity contribution is -0.257. The standard InChI is InChI=1S/C24H22F3NO4/c1-15(19-10-6-8-16-7-4-5-9-20(16)19)28-22(30)32-23(2,24(25,26)27)18-13-11-17(12-14-18)21(29)31-3/h4-15H,1-3H3,(H,28,30)/t15-,23-/m0/s1. The number of fused-ring (bicyclic) bond motifs is 1. The van der Waals surface area contributed by atoms with Gasteiger partial charge in [0.1, 0.15) is 0 Å². The molecule has 1 amide bonds. The molecule has 32 heavy (non-hydrogen) atoms. The minimum absolute atomic E-state index is 0.0785. The number of benzene rings is 3. The first kappa shape index (κ1) is 23.1. The van der Waals surface area contributed by atoms with Crippen molar-refractivity contribution in [3.63, 3.8) is 0 Å². The van der Waals surface area contributed by atoms with Gasteiger partial charge in [0, 0.05) is 5.56 Å². The lowest BCUT2D eigenvalue weighted by Crippen LogP contribution is -2.46. The highest BCUT2D eigenvalue weighted by Crippen LogP contribution is 2.42. The average molecular weight is 445 g/mol. The SMILES string of the molecule is COC(=O)c1ccc([C@](C)(OC(=O)N[C@@H](C)c2cccc3ccccc23)C(F)(F)F)cc1. The van der Waals surface area contributed by atoms with Crippen molar-refractivity contribution in [1.29, 1.82) is 0 Å². The molecule has 0 aromatic heterocycles. The fourth-order valence-corrected chi connectivity index (χ4v) is 3.42. The number of amides is 1. The molecule has 5 nitrogen and oxygen atoms in total. The molecule has 0 aliphatic heterocycles. The number of alkyl halides is 3. The van der Waals surface area contributed by atoms with Gasteiger partial charge in [0.2, 0.25) is 5.60 Å². The number of alkyl carbamates (subject to hydrolysis) is 1. The quantitative estimate of drug-likeness (QED) is 0.498. The molecular weight excluding hydrogens is 423 g/mol. The van der Waals surface area contributed by atoms with Gasteiger partial charge in [0.15, 0.2) is 0 Å². The van der Waals surface area contributed by atoms with Crippen molar-refractivity contribution in [2.75, 3.05) is 7.11 Å². The van der Waals surface area contributed by atoms with Crippen LogP contribution in [-0.2, 0) is 15.1 Å². The summed E-state index contributed by atoms with van der Waals surface area (Å²) in [5, 5.41) is 4.31. The molecule has 3 aromatic carbocycles. The highest BCUT2D eigenvalue weighted by molar-refractivity contribution is 5.89. The predicted molar refractivity (Wildman–Crippen MR) is 113 cm³/mol. The van der Waals surface area contributed by atoms with Crippen molar-refractivity contribution in [2.24, 2.45) is 0 Å². The zero-order valence-corrected chi connectivity index (χ0v) is 17.7. The summed E-state index contributed by atoms with van der Waals surface area (Å²) in [6, 6.07) is 16.9. The fraction of sp³-hybridized carbons (Fsp3) is 0.250. The number of methoxy groups -OCH3 is 1. The van der Waals surface area contributed by atoms with Crippen LogP contribution in [0, 0.1) is 0 Å². The third-order valence-electron chi connectivity index (χ3n) is 5.32. The molecule has 0 radical (unpaired) electrons. The van der Waals surface area contributed by atoms with Crippen molar-refractivity contribution < 1.29 is 32.2 Å². The number of hydrogen-bond acceptors (Lipinski definition) is 4. The van der Waals surface area contributed by atoms with Crippen LogP contribution in [0.3, 0.4) is 0 Å². The molecule has 0 heterocycles. The molecule has 0 aliphatic carbocycles. The summed E-state index contributed by atoms with van der Waals surface area (Å²) in [5.74, 6) is -0.687. The van der Waals surface area contributed by atoms with Crippen LogP contribution in [0.4, 0.5) is 18.0 Å². The molecule has 8 heteroatoms. The number of nitrogens with one attached hydrogen (secondary N) is 1. The number of rotatable bonds is 5. The Labute approximate surface area is 183 Å². The number of hydrogen-bond donors (Lipinski definition) is 1. The first-order chi connectivity index (χ1) is 15.1. The van der Waals surface area contributed by atoms with Gasteiger partial charge in [0.05, 0.1) is 18.7 Å². The van der Waals surface area contributed by atoms with Crippen molar-refractivity contribution in [1.82, 2.24) is 5.32 Å². The molecule has 0 fully saturated rings. The van der Waals surface area contributed by atoms with Gasteiger partial charge < -0.3 is 14.8 Å². The minimum Gasteiger partial charge on any atom is -0.465 e. The predicted octanol–water partition coefficient (Wildman–Crippen LogP) is 5.89. The van der Waals surface area contributed by atoms with E-state index in [1.807, 2.05) is 36.4 Å². The maximum atomic E-state index is 13.9. The van der Waals surface area contributed by atoms with E-state index in [9.17, 15) is 22.8 Å². The summed E-state index contributed by atoms with van der Waals surface area (Å²) in [4.78, 5) is 24.1. The van der Waals surface area contributed by atoms with Crippen LogP contribution in [-0.4, -0.2) is 25.3 Å². The lowest BCUT2D eigenvalue weighted by Gasteiger charge is -2.32. The van der Waals surface area contributed by atoms with Crippen LogP contribution < -0.4 is 5.32 Å². The van der Waals surface area contributed by atoms with Gasteiger partial charge in [-0.3, -0.25) is 0 Å². The number of carbonyl (C=O) groups excluding carboxylic acids is 2. The monoisotopic (exact) mass is 445 g/mol. The summed E-state index contributed by atoms with van der Waals surface area (Å²) in [6.45, 7) is 2.43. The Hall–Kier alpha value is -3.55. The van der Waals surface area contributed by atoms with Gasteiger partial charge in [-0.25, -0.2) is 9.59 Å². The molecule has 3 rings (SSSR count). The minimum atomic E-state index is -4.90. The normalized spacial score (nSPS) is 14.3. The van der Waals surface area contributed by atoms with Crippen molar-refractivity contribution in [2.45, 2.75) is 31.7 Å². The van der Waals surface area contributed by atoms with Crippen molar-refractivity contribution >= 4 is 22.8 Å². The van der Waals surface area contributed by atoms with Gasteiger partial charge in [-0.15, -0.1) is 0 Å². The van der Waals surface area contributed by atoms with Gasteiger partial charge in [0.25, 0.3) is 0 Å². The Morgan fingerprint density at radius 3 is 2.19 bits per heavy atom. The molecule has 0 bridgehead atoms. The van der Waals surface area contributed by atoms with Crippen LogP contribution in [0.1, 0.15) is 41.4 Å². The highest BCUT2D eigenvalue weighted by Gasteiger charge is 2.56. The van der Waals surface area contributed by atoms with E-state index in [0.29, 0.717) is 0 Å². The molecule has 0 saturated carbocycles. The topological polar surface area (TPSA) is 64.6 Å². The smallest absolute Gasteiger partial charge is 0.432 e. The van der Waals surface area contributed by atoms with Crippen LogP contribution >= 0.6 is 0 Å². The Bertz CT molecular complexity index is 1120. The fourth-order valence-electron chi connectivity index (χ4n) is 3.42. The molecule has 1 N–H and O–H groups in total. The van der Waals surface area contributed by atoms with Crippen molar-refractivity contribution in [3.05, 3.63) is 83.4 Å². The summed E-state index contributed by atoms with van der Waals surface area (Å²) in [7, 11) is 1.17. The van der Waals surface area contributed by atoms with Gasteiger partial charge in [-0.2, -0.15) is 13.2 Å². The maximum absolute atomic E-state index is 13.9. The zero-order valence-electron chi connectivity index (χ0n) is 17.7. The van der Waals surface area contributed by atoms with E-state index >= 15 is 0 Å². The van der Waals surface area contributed by atoms with E-state index in [0.717, 1.165) is 35.4 Å². The summed E-state index contributed by atoms with van der Waals surface area (Å²) in [6.07, 6.45) is -6.12. The van der Waals surface area contributed by atoms with Crippen LogP contribution in [0.2, 0.25) is 0 Å². The van der Waals surface area contributed by atoms with Crippen LogP contribution in [0.15, 0.2) is 66.7 Å². The molecule has 0 aliphatic rings. The van der Waals surface area contributed by atoms with E-state index in [1.165, 1.54) is 19.2 Å². The second-order valence-electron chi connectivity index (χ2n) is 7.42. The molecule has 0 saturated heterocycles. The molecule has 0 spiro atoms. The molecule has 168 valence electrons. The van der Waals surface area contributed by atoms with Gasteiger partial charge in [-0.1, -0.05) is 54.6 Å². The Morgan fingerprint density at radius 2 is 1.56 bits per heavy atom. The van der Waals surface area contributed by atoms with E-state index in [4.69, 9.17) is 4.74 Å². The Balaban J connectivity index is 1.84. The van der Waals surface area contributed by atoms with Crippen LogP contribution in [0.5, 0.6) is 0 Å². The first-order valence-corrected chi connectivity index (χ1v) is 9.79. The van der Waals surface area contributed by atoms with Crippen molar-refractivity contribution in [3.8, 4) is 0 Å². The third kappa shape index (κ3) is 4.54. The number of halogens is 3. The largest absolute Gasteiger partial charge is 0.465 e. The Kier molecular flexibility index (Phi) is 6.43. The first-order valence-electron chi connectivity index (χ1n) is 9.79. The molecule has 2 atom stereocenters. The molecule has 0 unspecified atom stereocenters. The van der Waals surface area contributed by atoms with Gasteiger partial charge >= 0.3 is 18.2 Å². The zero-order chi connectivity index (χ0) is 23.5. The van der Waals surface area contributed by atoms with E-state index in [2.05, 4.69) is 10.1 Å². The Morgan fingerprint density at radius 1 is 0.938 bits per heavy atom. The third-order valence-corrected chi connectivity index (χ3v) is 5.32. The average Bonchev–Trinajstić information content (AvgIpc) is 2.77.